The fourth-order valence-electron chi connectivity index (χ4n) is 1.89. The Kier molecular flexibility index (Phi) is 4.82. The summed E-state index contributed by atoms with van der Waals surface area (Å²) in [6, 6.07) is 9.75. The molecule has 0 unspecified atom stereocenters. The number of aryl methyl sites for hydroxylation is 1. The lowest BCUT2D eigenvalue weighted by atomic mass is 10.2. The van der Waals surface area contributed by atoms with Gasteiger partial charge in [0, 0.05) is 18.3 Å². The molecule has 0 radical (unpaired) electrons. The first kappa shape index (κ1) is 14.2. The zero-order valence-electron chi connectivity index (χ0n) is 11.9. The number of carbonyl (C=O) groups is 1. The first-order valence-electron chi connectivity index (χ1n) is 6.89. The number of rotatable bonds is 5. The van der Waals surface area contributed by atoms with E-state index in [0.717, 1.165) is 18.4 Å². The van der Waals surface area contributed by atoms with Crippen LogP contribution in [0.5, 0.6) is 0 Å². The molecule has 104 valence electrons. The van der Waals surface area contributed by atoms with Crippen molar-refractivity contribution in [2.75, 3.05) is 6.54 Å². The summed E-state index contributed by atoms with van der Waals surface area (Å²) in [4.78, 5) is 20.7. The predicted molar refractivity (Wildman–Crippen MR) is 79.4 cm³/mol. The third kappa shape index (κ3) is 3.41. The van der Waals surface area contributed by atoms with Crippen molar-refractivity contribution in [1.29, 1.82) is 0 Å². The molecule has 2 aromatic rings. The van der Waals surface area contributed by atoms with Gasteiger partial charge in [-0.25, -0.2) is 9.97 Å². The second-order valence-corrected chi connectivity index (χ2v) is 4.67. The maximum atomic E-state index is 12.0. The Morgan fingerprint density at radius 1 is 1.25 bits per heavy atom. The van der Waals surface area contributed by atoms with Crippen molar-refractivity contribution in [2.24, 2.45) is 0 Å². The fraction of sp³-hybridized carbons (Fsp3) is 0.312. The van der Waals surface area contributed by atoms with E-state index < -0.39 is 0 Å². The van der Waals surface area contributed by atoms with Gasteiger partial charge in [-0.3, -0.25) is 4.79 Å². The van der Waals surface area contributed by atoms with E-state index in [-0.39, 0.29) is 5.91 Å². The standard InChI is InChI=1S/C16H19N3O/c1-3-4-10-17-16(20)14-11-18-15(19-12(14)2)13-8-6-5-7-9-13/h5-9,11H,3-4,10H2,1-2H3,(H,17,20). The Morgan fingerprint density at radius 2 is 2.00 bits per heavy atom. The molecule has 1 amide bonds. The monoisotopic (exact) mass is 269 g/mol. The molecule has 4 heteroatoms. The quantitative estimate of drug-likeness (QED) is 0.849. The minimum Gasteiger partial charge on any atom is -0.352 e. The van der Waals surface area contributed by atoms with Crippen molar-refractivity contribution in [2.45, 2.75) is 26.7 Å². The Hall–Kier alpha value is -2.23. The van der Waals surface area contributed by atoms with Crippen LogP contribution in [0.4, 0.5) is 0 Å². The molecule has 0 saturated carbocycles. The normalized spacial score (nSPS) is 10.3. The molecule has 0 aliphatic rings. The number of hydrogen-bond donors (Lipinski definition) is 1. The Balaban J connectivity index is 2.16. The summed E-state index contributed by atoms with van der Waals surface area (Å²) in [6.45, 7) is 4.62. The number of nitrogens with zero attached hydrogens (tertiary/aromatic N) is 2. The van der Waals surface area contributed by atoms with Crippen molar-refractivity contribution in [3.8, 4) is 11.4 Å². The lowest BCUT2D eigenvalue weighted by Gasteiger charge is -2.08. The van der Waals surface area contributed by atoms with Crippen LogP contribution in [0.15, 0.2) is 36.5 Å². The third-order valence-electron chi connectivity index (χ3n) is 3.07. The SMILES string of the molecule is CCCCNC(=O)c1cnc(-c2ccccc2)nc1C. The zero-order valence-corrected chi connectivity index (χ0v) is 11.9. The molecule has 2 rings (SSSR count). The van der Waals surface area contributed by atoms with Gasteiger partial charge in [-0.2, -0.15) is 0 Å². The number of hydrogen-bond acceptors (Lipinski definition) is 3. The molecular weight excluding hydrogens is 250 g/mol. The second-order valence-electron chi connectivity index (χ2n) is 4.67. The Bertz CT molecular complexity index is 582. The molecule has 4 nitrogen and oxygen atoms in total. The Morgan fingerprint density at radius 3 is 2.65 bits per heavy atom. The molecule has 1 aromatic heterocycles. The van der Waals surface area contributed by atoms with Gasteiger partial charge >= 0.3 is 0 Å². The molecule has 0 aliphatic heterocycles. The summed E-state index contributed by atoms with van der Waals surface area (Å²) in [5.74, 6) is 0.545. The summed E-state index contributed by atoms with van der Waals surface area (Å²) in [5, 5.41) is 2.88. The van der Waals surface area contributed by atoms with Crippen molar-refractivity contribution in [3.05, 3.63) is 47.8 Å². The van der Waals surface area contributed by atoms with Gasteiger partial charge in [0.1, 0.15) is 0 Å². The number of benzene rings is 1. The third-order valence-corrected chi connectivity index (χ3v) is 3.07. The van der Waals surface area contributed by atoms with Crippen molar-refractivity contribution < 1.29 is 4.79 Å². The average molecular weight is 269 g/mol. The molecule has 1 aromatic carbocycles. The van der Waals surface area contributed by atoms with Crippen molar-refractivity contribution in [1.82, 2.24) is 15.3 Å². The van der Waals surface area contributed by atoms with Gasteiger partial charge in [-0.1, -0.05) is 43.7 Å². The molecule has 0 bridgehead atoms. The van der Waals surface area contributed by atoms with Gasteiger partial charge in [0.15, 0.2) is 5.82 Å². The van der Waals surface area contributed by atoms with Gasteiger partial charge in [0.2, 0.25) is 0 Å². The van der Waals surface area contributed by atoms with Crippen LogP contribution in [0.1, 0.15) is 35.8 Å². The van der Waals surface area contributed by atoms with Gasteiger partial charge < -0.3 is 5.32 Å². The average Bonchev–Trinajstić information content (AvgIpc) is 2.48. The molecule has 0 aliphatic carbocycles. The summed E-state index contributed by atoms with van der Waals surface area (Å²) < 4.78 is 0. The Labute approximate surface area is 119 Å². The molecule has 0 spiro atoms. The van der Waals surface area contributed by atoms with E-state index >= 15 is 0 Å². The molecule has 1 heterocycles. The highest BCUT2D eigenvalue weighted by Crippen LogP contribution is 2.15. The zero-order chi connectivity index (χ0) is 14.4. The van der Waals surface area contributed by atoms with Gasteiger partial charge in [0.05, 0.1) is 11.3 Å². The highest BCUT2D eigenvalue weighted by molar-refractivity contribution is 5.95. The van der Waals surface area contributed by atoms with E-state index in [4.69, 9.17) is 0 Å². The lowest BCUT2D eigenvalue weighted by molar-refractivity contribution is 0.0952. The number of nitrogens with one attached hydrogen (secondary N) is 1. The number of aromatic nitrogens is 2. The van der Waals surface area contributed by atoms with Crippen LogP contribution in [0.3, 0.4) is 0 Å². The summed E-state index contributed by atoms with van der Waals surface area (Å²) >= 11 is 0. The highest BCUT2D eigenvalue weighted by atomic mass is 16.1. The van der Waals surface area contributed by atoms with Gasteiger partial charge in [0.25, 0.3) is 5.91 Å². The first-order chi connectivity index (χ1) is 9.72. The minimum absolute atomic E-state index is 0.101. The van der Waals surface area contributed by atoms with E-state index in [1.807, 2.05) is 37.3 Å². The molecular formula is C16H19N3O. The lowest BCUT2D eigenvalue weighted by Crippen LogP contribution is -2.25. The topological polar surface area (TPSA) is 54.9 Å². The molecule has 0 saturated heterocycles. The molecule has 1 N–H and O–H groups in total. The van der Waals surface area contributed by atoms with Crippen LogP contribution in [0.2, 0.25) is 0 Å². The van der Waals surface area contributed by atoms with Gasteiger partial charge in [-0.15, -0.1) is 0 Å². The highest BCUT2D eigenvalue weighted by Gasteiger charge is 2.11. The first-order valence-corrected chi connectivity index (χ1v) is 6.89. The van der Waals surface area contributed by atoms with E-state index in [2.05, 4.69) is 22.2 Å². The molecule has 20 heavy (non-hydrogen) atoms. The van der Waals surface area contributed by atoms with Crippen LogP contribution < -0.4 is 5.32 Å². The smallest absolute Gasteiger partial charge is 0.254 e. The van der Waals surface area contributed by atoms with Crippen molar-refractivity contribution >= 4 is 5.91 Å². The molecule has 0 atom stereocenters. The predicted octanol–water partition coefficient (Wildman–Crippen LogP) is 2.98. The maximum Gasteiger partial charge on any atom is 0.254 e. The van der Waals surface area contributed by atoms with E-state index in [1.54, 1.807) is 6.20 Å². The maximum absolute atomic E-state index is 12.0. The summed E-state index contributed by atoms with van der Waals surface area (Å²) in [6.07, 6.45) is 3.64. The van der Waals surface area contributed by atoms with Crippen LogP contribution >= 0.6 is 0 Å². The number of amides is 1. The van der Waals surface area contributed by atoms with Crippen LogP contribution in [0.25, 0.3) is 11.4 Å². The minimum atomic E-state index is -0.101. The molecule has 0 fully saturated rings. The number of unbranched alkanes of at least 4 members (excludes halogenated alkanes) is 1. The van der Waals surface area contributed by atoms with E-state index in [9.17, 15) is 4.79 Å². The largest absolute Gasteiger partial charge is 0.352 e. The van der Waals surface area contributed by atoms with Crippen molar-refractivity contribution in [3.63, 3.8) is 0 Å². The van der Waals surface area contributed by atoms with Crippen LogP contribution in [-0.2, 0) is 0 Å². The van der Waals surface area contributed by atoms with Crippen LogP contribution in [-0.4, -0.2) is 22.4 Å². The second kappa shape index (κ2) is 6.80. The van der Waals surface area contributed by atoms with E-state index in [1.165, 1.54) is 0 Å². The van der Waals surface area contributed by atoms with E-state index in [0.29, 0.717) is 23.6 Å². The summed E-state index contributed by atoms with van der Waals surface area (Å²) in [5.41, 5.74) is 2.20. The number of carbonyl (C=O) groups excluding carboxylic acids is 1. The fourth-order valence-corrected chi connectivity index (χ4v) is 1.89. The van der Waals surface area contributed by atoms with Crippen LogP contribution in [0, 0.1) is 6.92 Å². The van der Waals surface area contributed by atoms with Gasteiger partial charge in [-0.05, 0) is 13.3 Å². The summed E-state index contributed by atoms with van der Waals surface area (Å²) in [7, 11) is 0.